The summed E-state index contributed by atoms with van der Waals surface area (Å²) in [6.45, 7) is 0.0404. The van der Waals surface area contributed by atoms with E-state index < -0.39 is 17.8 Å². The highest BCUT2D eigenvalue weighted by Gasteiger charge is 2.22. The zero-order valence-corrected chi connectivity index (χ0v) is 13.6. The van der Waals surface area contributed by atoms with Gasteiger partial charge in [-0.3, -0.25) is 19.2 Å². The second-order valence-corrected chi connectivity index (χ2v) is 5.40. The smallest absolute Gasteiger partial charge is 0.305 e. The van der Waals surface area contributed by atoms with Crippen molar-refractivity contribution >= 4 is 35.1 Å². The van der Waals surface area contributed by atoms with Crippen LogP contribution in [0.3, 0.4) is 0 Å². The molecule has 0 saturated heterocycles. The van der Waals surface area contributed by atoms with Crippen molar-refractivity contribution in [2.24, 2.45) is 5.10 Å². The Kier molecular flexibility index (Phi) is 5.83. The van der Waals surface area contributed by atoms with Crippen LogP contribution in [0.2, 0.25) is 0 Å². The Hall–Kier alpha value is -3.23. The van der Waals surface area contributed by atoms with Gasteiger partial charge in [-0.25, -0.2) is 5.01 Å². The van der Waals surface area contributed by atoms with Gasteiger partial charge in [-0.05, 0) is 24.3 Å². The summed E-state index contributed by atoms with van der Waals surface area (Å²) in [4.78, 5) is 45.7. The molecule has 0 aromatic heterocycles. The third kappa shape index (κ3) is 5.13. The van der Waals surface area contributed by atoms with Gasteiger partial charge >= 0.3 is 5.97 Å². The van der Waals surface area contributed by atoms with E-state index in [-0.39, 0.29) is 37.4 Å². The number of carboxylic acids is 1. The number of carboxylic acid groups (broad SMARTS) is 1. The number of hydrogen-bond acceptors (Lipinski definition) is 5. The summed E-state index contributed by atoms with van der Waals surface area (Å²) in [6, 6.07) is 6.15. The van der Waals surface area contributed by atoms with E-state index in [9.17, 15) is 19.2 Å². The van der Waals surface area contributed by atoms with Gasteiger partial charge in [0.05, 0.1) is 6.42 Å². The molecule has 3 N–H and O–H groups in total. The van der Waals surface area contributed by atoms with Crippen molar-refractivity contribution in [1.29, 1.82) is 0 Å². The van der Waals surface area contributed by atoms with Gasteiger partial charge in [-0.1, -0.05) is 0 Å². The number of rotatable bonds is 6. The molecule has 0 saturated carbocycles. The van der Waals surface area contributed by atoms with Gasteiger partial charge in [0.25, 0.3) is 11.8 Å². The van der Waals surface area contributed by atoms with Crippen LogP contribution in [-0.2, 0) is 14.4 Å². The van der Waals surface area contributed by atoms with Gasteiger partial charge in [0.2, 0.25) is 5.91 Å². The molecular weight excluding hydrogens is 328 g/mol. The Morgan fingerprint density at radius 3 is 2.44 bits per heavy atom. The molecule has 0 fully saturated rings. The van der Waals surface area contributed by atoms with Crippen LogP contribution in [0.1, 0.15) is 29.6 Å². The number of amides is 3. The zero-order valence-electron chi connectivity index (χ0n) is 13.6. The van der Waals surface area contributed by atoms with Crippen LogP contribution in [0.25, 0.3) is 0 Å². The minimum absolute atomic E-state index is 0.0404. The van der Waals surface area contributed by atoms with Crippen molar-refractivity contribution < 1.29 is 24.3 Å². The van der Waals surface area contributed by atoms with E-state index >= 15 is 0 Å². The van der Waals surface area contributed by atoms with E-state index in [1.807, 2.05) is 0 Å². The molecule has 3 amide bonds. The number of aliphatic carboxylic acids is 1. The molecule has 0 spiro atoms. The van der Waals surface area contributed by atoms with Crippen LogP contribution in [-0.4, -0.2) is 53.1 Å². The lowest BCUT2D eigenvalue weighted by Gasteiger charge is -2.18. The highest BCUT2D eigenvalue weighted by atomic mass is 16.4. The van der Waals surface area contributed by atoms with Gasteiger partial charge < -0.3 is 15.7 Å². The van der Waals surface area contributed by atoms with E-state index in [2.05, 4.69) is 15.7 Å². The monoisotopic (exact) mass is 346 g/mol. The fourth-order valence-electron chi connectivity index (χ4n) is 2.13. The van der Waals surface area contributed by atoms with Gasteiger partial charge in [-0.2, -0.15) is 5.10 Å². The van der Waals surface area contributed by atoms with Crippen molar-refractivity contribution in [2.45, 2.75) is 19.3 Å². The molecule has 1 heterocycles. The minimum Gasteiger partial charge on any atom is -0.481 e. The van der Waals surface area contributed by atoms with Crippen LogP contribution in [0, 0.1) is 0 Å². The lowest BCUT2D eigenvalue weighted by molar-refractivity contribution is -0.137. The maximum Gasteiger partial charge on any atom is 0.305 e. The lowest BCUT2D eigenvalue weighted by atomic mass is 10.1. The Bertz CT molecular complexity index is 727. The number of nitrogens with zero attached hydrogens (tertiary/aromatic N) is 2. The Balaban J connectivity index is 1.92. The van der Waals surface area contributed by atoms with E-state index in [4.69, 9.17) is 5.11 Å². The third-order valence-corrected chi connectivity index (χ3v) is 3.50. The molecule has 0 unspecified atom stereocenters. The molecule has 1 aliphatic heterocycles. The first-order valence-electron chi connectivity index (χ1n) is 7.62. The Labute approximate surface area is 143 Å². The van der Waals surface area contributed by atoms with Crippen LogP contribution < -0.4 is 10.6 Å². The zero-order chi connectivity index (χ0) is 18.4. The fraction of sp³-hybridized carbons (Fsp3) is 0.312. The fourth-order valence-corrected chi connectivity index (χ4v) is 2.13. The molecule has 1 aliphatic rings. The molecule has 132 valence electrons. The predicted molar refractivity (Wildman–Crippen MR) is 89.1 cm³/mol. The number of carbonyl (C=O) groups is 4. The number of nitrogens with one attached hydrogen (secondary N) is 2. The number of hydrazone groups is 1. The normalized spacial score (nSPS) is 13.9. The molecule has 25 heavy (non-hydrogen) atoms. The van der Waals surface area contributed by atoms with E-state index in [0.717, 1.165) is 5.01 Å². The van der Waals surface area contributed by atoms with Gasteiger partial charge in [0.1, 0.15) is 5.71 Å². The van der Waals surface area contributed by atoms with Crippen LogP contribution in [0.15, 0.2) is 29.4 Å². The molecule has 9 heteroatoms. The first-order chi connectivity index (χ1) is 11.9. The number of anilines is 1. The van der Waals surface area contributed by atoms with Crippen molar-refractivity contribution in [1.82, 2.24) is 10.3 Å². The van der Waals surface area contributed by atoms with Crippen LogP contribution in [0.5, 0.6) is 0 Å². The summed E-state index contributed by atoms with van der Waals surface area (Å²) in [5, 5.41) is 18.7. The summed E-state index contributed by atoms with van der Waals surface area (Å²) in [7, 11) is 1.49. The molecule has 0 aliphatic carbocycles. The standard InChI is InChI=1S/C16H18N4O5/c1-20-13(21)7-6-12(19-20)16(25)18-11-4-2-10(3-5-11)15(24)17-9-8-14(22)23/h2-5H,6-9H2,1H3,(H,17,24)(H,18,25)(H,22,23). The SMILES string of the molecule is CN1N=C(C(=O)Nc2ccc(C(=O)NCCC(=O)O)cc2)CCC1=O. The highest BCUT2D eigenvalue weighted by molar-refractivity contribution is 6.43. The van der Waals surface area contributed by atoms with Crippen molar-refractivity contribution in [3.8, 4) is 0 Å². The number of hydrogen-bond donors (Lipinski definition) is 3. The van der Waals surface area contributed by atoms with Gasteiger partial charge in [0, 0.05) is 37.7 Å². The van der Waals surface area contributed by atoms with Gasteiger partial charge in [-0.15, -0.1) is 0 Å². The quantitative estimate of drug-likeness (QED) is 0.688. The molecule has 0 atom stereocenters. The van der Waals surface area contributed by atoms with E-state index in [1.54, 1.807) is 12.1 Å². The Morgan fingerprint density at radius 1 is 1.16 bits per heavy atom. The number of benzene rings is 1. The largest absolute Gasteiger partial charge is 0.481 e. The lowest BCUT2D eigenvalue weighted by Crippen LogP contribution is -2.34. The topological polar surface area (TPSA) is 128 Å². The van der Waals surface area contributed by atoms with Crippen molar-refractivity contribution in [2.75, 3.05) is 18.9 Å². The van der Waals surface area contributed by atoms with Crippen molar-refractivity contribution in [3.05, 3.63) is 29.8 Å². The number of carbonyl (C=O) groups excluding carboxylic acids is 3. The summed E-state index contributed by atoms with van der Waals surface area (Å²) in [5.41, 5.74) is 1.09. The van der Waals surface area contributed by atoms with Gasteiger partial charge in [0.15, 0.2) is 0 Å². The summed E-state index contributed by atoms with van der Waals surface area (Å²) in [6.07, 6.45) is 0.357. The Morgan fingerprint density at radius 2 is 1.84 bits per heavy atom. The third-order valence-electron chi connectivity index (χ3n) is 3.50. The molecule has 0 bridgehead atoms. The molecule has 1 aromatic rings. The second kappa shape index (κ2) is 8.04. The first kappa shape index (κ1) is 18.1. The molecule has 0 radical (unpaired) electrons. The molecular formula is C16H18N4O5. The molecule has 1 aromatic carbocycles. The summed E-state index contributed by atoms with van der Waals surface area (Å²) in [5.74, 6) is -1.93. The van der Waals surface area contributed by atoms with Crippen LogP contribution in [0.4, 0.5) is 5.69 Å². The predicted octanol–water partition coefficient (Wildman–Crippen LogP) is 0.438. The maximum atomic E-state index is 12.1. The average Bonchev–Trinajstić information content (AvgIpc) is 2.57. The molecule has 9 nitrogen and oxygen atoms in total. The first-order valence-corrected chi connectivity index (χ1v) is 7.62. The minimum atomic E-state index is -0.990. The summed E-state index contributed by atoms with van der Waals surface area (Å²) >= 11 is 0. The molecule has 2 rings (SSSR count). The second-order valence-electron chi connectivity index (χ2n) is 5.40. The summed E-state index contributed by atoms with van der Waals surface area (Å²) < 4.78 is 0. The van der Waals surface area contributed by atoms with E-state index in [1.165, 1.54) is 19.2 Å². The van der Waals surface area contributed by atoms with E-state index in [0.29, 0.717) is 11.3 Å². The van der Waals surface area contributed by atoms with Crippen molar-refractivity contribution in [3.63, 3.8) is 0 Å². The van der Waals surface area contributed by atoms with Crippen LogP contribution >= 0.6 is 0 Å². The highest BCUT2D eigenvalue weighted by Crippen LogP contribution is 2.12. The average molecular weight is 346 g/mol. The maximum absolute atomic E-state index is 12.1.